The predicted octanol–water partition coefficient (Wildman–Crippen LogP) is 1.69. The summed E-state index contributed by atoms with van der Waals surface area (Å²) in [4.78, 5) is 36.8. The molecular formula is C18H21N3O4. The number of nitrogens with one attached hydrogen (secondary N) is 3. The summed E-state index contributed by atoms with van der Waals surface area (Å²) in [6.07, 6.45) is 2.94. The van der Waals surface area contributed by atoms with Gasteiger partial charge >= 0.3 is 0 Å². The fraction of sp³-hybridized carbons (Fsp3) is 0.278. The SMILES string of the molecule is Cc1cccc(OCCCCC(=O)NNC(=O)c2ccc(=O)[nH]c2)c1. The number of aromatic amines is 1. The van der Waals surface area contributed by atoms with Crippen molar-refractivity contribution in [3.05, 3.63) is 64.1 Å². The molecule has 0 aliphatic heterocycles. The van der Waals surface area contributed by atoms with E-state index in [9.17, 15) is 14.4 Å². The first-order valence-electron chi connectivity index (χ1n) is 8.02. The third kappa shape index (κ3) is 6.50. The van der Waals surface area contributed by atoms with Crippen LogP contribution in [0.4, 0.5) is 0 Å². The van der Waals surface area contributed by atoms with E-state index in [-0.39, 0.29) is 23.5 Å². The average Bonchev–Trinajstić information content (AvgIpc) is 2.60. The van der Waals surface area contributed by atoms with Crippen LogP contribution in [0, 0.1) is 6.92 Å². The molecule has 0 aliphatic carbocycles. The van der Waals surface area contributed by atoms with Crippen molar-refractivity contribution in [3.63, 3.8) is 0 Å². The minimum Gasteiger partial charge on any atom is -0.494 e. The van der Waals surface area contributed by atoms with Crippen LogP contribution >= 0.6 is 0 Å². The maximum Gasteiger partial charge on any atom is 0.271 e. The van der Waals surface area contributed by atoms with Crippen molar-refractivity contribution in [2.75, 3.05) is 6.61 Å². The van der Waals surface area contributed by atoms with Crippen LogP contribution in [0.15, 0.2) is 47.4 Å². The number of hydrazine groups is 1. The van der Waals surface area contributed by atoms with Gasteiger partial charge in [0.25, 0.3) is 5.91 Å². The highest BCUT2D eigenvalue weighted by atomic mass is 16.5. The van der Waals surface area contributed by atoms with Crippen LogP contribution in [0.3, 0.4) is 0 Å². The highest BCUT2D eigenvalue weighted by Gasteiger charge is 2.07. The lowest BCUT2D eigenvalue weighted by atomic mass is 10.2. The lowest BCUT2D eigenvalue weighted by Crippen LogP contribution is -2.41. The van der Waals surface area contributed by atoms with E-state index in [4.69, 9.17) is 4.74 Å². The number of rotatable bonds is 7. The molecule has 0 fully saturated rings. The number of carbonyl (C=O) groups excluding carboxylic acids is 2. The highest BCUT2D eigenvalue weighted by molar-refractivity contribution is 5.94. The van der Waals surface area contributed by atoms with Crippen molar-refractivity contribution >= 4 is 11.8 Å². The Bertz CT molecular complexity index is 765. The minimum atomic E-state index is -0.493. The Labute approximate surface area is 145 Å². The van der Waals surface area contributed by atoms with Gasteiger partial charge in [-0.15, -0.1) is 0 Å². The summed E-state index contributed by atoms with van der Waals surface area (Å²) in [5.41, 5.74) is 5.73. The molecule has 25 heavy (non-hydrogen) atoms. The van der Waals surface area contributed by atoms with Crippen LogP contribution < -0.4 is 21.1 Å². The second-order valence-electron chi connectivity index (χ2n) is 5.57. The van der Waals surface area contributed by atoms with Crippen molar-refractivity contribution < 1.29 is 14.3 Å². The van der Waals surface area contributed by atoms with Gasteiger partial charge in [-0.3, -0.25) is 25.2 Å². The first kappa shape index (κ1) is 18.3. The van der Waals surface area contributed by atoms with Gasteiger partial charge in [0.2, 0.25) is 11.5 Å². The first-order valence-corrected chi connectivity index (χ1v) is 8.02. The fourth-order valence-electron chi connectivity index (χ4n) is 2.10. The standard InChI is InChI=1S/C18H21N3O4/c1-13-5-4-6-15(11-13)25-10-3-2-7-17(23)20-21-18(24)14-8-9-16(22)19-12-14/h4-6,8-9,11-12H,2-3,7,10H2,1H3,(H,19,22)(H,20,23)(H,21,24). The summed E-state index contributed by atoms with van der Waals surface area (Å²) in [6.45, 7) is 2.53. The quantitative estimate of drug-likeness (QED) is 0.526. The molecule has 0 bridgehead atoms. The number of aryl methyl sites for hydroxylation is 1. The molecule has 0 aliphatic rings. The van der Waals surface area contributed by atoms with E-state index in [1.54, 1.807) is 0 Å². The number of benzene rings is 1. The summed E-state index contributed by atoms with van der Waals surface area (Å²) >= 11 is 0. The topological polar surface area (TPSA) is 100 Å². The van der Waals surface area contributed by atoms with Gasteiger partial charge in [0.1, 0.15) is 5.75 Å². The third-order valence-corrected chi connectivity index (χ3v) is 3.42. The molecule has 1 aromatic heterocycles. The molecule has 7 nitrogen and oxygen atoms in total. The van der Waals surface area contributed by atoms with Gasteiger partial charge < -0.3 is 9.72 Å². The number of aromatic nitrogens is 1. The largest absolute Gasteiger partial charge is 0.494 e. The fourth-order valence-corrected chi connectivity index (χ4v) is 2.10. The van der Waals surface area contributed by atoms with Crippen molar-refractivity contribution in [2.24, 2.45) is 0 Å². The Morgan fingerprint density at radius 1 is 1.12 bits per heavy atom. The molecular weight excluding hydrogens is 322 g/mol. The second-order valence-corrected chi connectivity index (χ2v) is 5.57. The number of H-pyrrole nitrogens is 1. The second kappa shape index (κ2) is 9.27. The predicted molar refractivity (Wildman–Crippen MR) is 93.2 cm³/mol. The van der Waals surface area contributed by atoms with E-state index in [2.05, 4.69) is 15.8 Å². The number of carbonyl (C=O) groups is 2. The molecule has 7 heteroatoms. The van der Waals surface area contributed by atoms with E-state index >= 15 is 0 Å². The Hall–Kier alpha value is -3.09. The van der Waals surface area contributed by atoms with Gasteiger partial charge in [-0.2, -0.15) is 0 Å². The van der Waals surface area contributed by atoms with Crippen molar-refractivity contribution in [3.8, 4) is 5.75 Å². The normalized spacial score (nSPS) is 10.1. The molecule has 0 radical (unpaired) electrons. The monoisotopic (exact) mass is 343 g/mol. The van der Waals surface area contributed by atoms with E-state index in [1.165, 1.54) is 18.3 Å². The Kier molecular flexibility index (Phi) is 6.76. The summed E-state index contributed by atoms with van der Waals surface area (Å²) in [5, 5.41) is 0. The number of hydrogen-bond acceptors (Lipinski definition) is 4. The van der Waals surface area contributed by atoms with Gasteiger partial charge in [-0.1, -0.05) is 12.1 Å². The maximum absolute atomic E-state index is 11.8. The average molecular weight is 343 g/mol. The lowest BCUT2D eigenvalue weighted by Gasteiger charge is -2.08. The summed E-state index contributed by atoms with van der Waals surface area (Å²) in [5.74, 6) is 0.0401. The third-order valence-electron chi connectivity index (χ3n) is 3.42. The highest BCUT2D eigenvalue weighted by Crippen LogP contribution is 2.12. The zero-order chi connectivity index (χ0) is 18.1. The molecule has 0 saturated heterocycles. The molecule has 2 rings (SSSR count). The summed E-state index contributed by atoms with van der Waals surface area (Å²) in [6, 6.07) is 10.4. The van der Waals surface area contributed by atoms with E-state index in [0.29, 0.717) is 13.0 Å². The van der Waals surface area contributed by atoms with Crippen LogP contribution in [0.5, 0.6) is 5.75 Å². The first-order chi connectivity index (χ1) is 12.0. The van der Waals surface area contributed by atoms with E-state index in [1.807, 2.05) is 31.2 Å². The number of amides is 2. The molecule has 1 aromatic carbocycles. The molecule has 0 atom stereocenters. The summed E-state index contributed by atoms with van der Waals surface area (Å²) < 4.78 is 5.60. The molecule has 3 N–H and O–H groups in total. The zero-order valence-electron chi connectivity index (χ0n) is 14.0. The van der Waals surface area contributed by atoms with Crippen molar-refractivity contribution in [2.45, 2.75) is 26.2 Å². The van der Waals surface area contributed by atoms with Gasteiger partial charge in [-0.25, -0.2) is 0 Å². The number of hydrogen-bond donors (Lipinski definition) is 3. The van der Waals surface area contributed by atoms with Crippen LogP contribution in [0.25, 0.3) is 0 Å². The Balaban J connectivity index is 1.60. The van der Waals surface area contributed by atoms with Crippen molar-refractivity contribution in [1.82, 2.24) is 15.8 Å². The van der Waals surface area contributed by atoms with Gasteiger partial charge in [0, 0.05) is 18.7 Å². The van der Waals surface area contributed by atoms with Gasteiger partial charge in [0.15, 0.2) is 0 Å². The zero-order valence-corrected chi connectivity index (χ0v) is 14.0. The molecule has 0 saturated carbocycles. The summed E-state index contributed by atoms with van der Waals surface area (Å²) in [7, 11) is 0. The minimum absolute atomic E-state index is 0.256. The van der Waals surface area contributed by atoms with Gasteiger partial charge in [0.05, 0.1) is 12.2 Å². The Morgan fingerprint density at radius 2 is 1.96 bits per heavy atom. The van der Waals surface area contributed by atoms with Crippen LogP contribution in [-0.4, -0.2) is 23.4 Å². The van der Waals surface area contributed by atoms with E-state index in [0.717, 1.165) is 17.7 Å². The van der Waals surface area contributed by atoms with Crippen LogP contribution in [0.1, 0.15) is 35.2 Å². The molecule has 0 spiro atoms. The van der Waals surface area contributed by atoms with Crippen LogP contribution in [0.2, 0.25) is 0 Å². The van der Waals surface area contributed by atoms with E-state index < -0.39 is 5.91 Å². The maximum atomic E-state index is 11.8. The molecule has 132 valence electrons. The van der Waals surface area contributed by atoms with Gasteiger partial charge in [-0.05, 0) is 43.5 Å². The molecule has 0 unspecified atom stereocenters. The number of pyridine rings is 1. The number of ether oxygens (including phenoxy) is 1. The smallest absolute Gasteiger partial charge is 0.271 e. The lowest BCUT2D eigenvalue weighted by molar-refractivity contribution is -0.122. The van der Waals surface area contributed by atoms with Crippen LogP contribution in [-0.2, 0) is 4.79 Å². The number of unbranched alkanes of at least 4 members (excludes halogenated alkanes) is 1. The molecule has 1 heterocycles. The molecule has 2 aromatic rings. The molecule has 2 amide bonds. The Morgan fingerprint density at radius 3 is 2.68 bits per heavy atom. The van der Waals surface area contributed by atoms with Crippen molar-refractivity contribution in [1.29, 1.82) is 0 Å².